The van der Waals surface area contributed by atoms with Gasteiger partial charge in [0.1, 0.15) is 19.3 Å². The first-order chi connectivity index (χ1) is 45.4. The molecule has 0 fully saturated rings. The molecule has 0 spiro atoms. The van der Waals surface area contributed by atoms with Crippen molar-refractivity contribution in [3.63, 3.8) is 0 Å². The average Bonchev–Trinajstić information content (AvgIpc) is 1.13. The van der Waals surface area contributed by atoms with Crippen molar-refractivity contribution in [2.24, 2.45) is 11.8 Å². The van der Waals surface area contributed by atoms with Gasteiger partial charge in [-0.1, -0.05) is 337 Å². The van der Waals surface area contributed by atoms with Crippen molar-refractivity contribution in [3.8, 4) is 0 Å². The van der Waals surface area contributed by atoms with Crippen LogP contribution in [0, 0.1) is 11.8 Å². The summed E-state index contributed by atoms with van der Waals surface area (Å²) in [5.41, 5.74) is 0. The highest BCUT2D eigenvalue weighted by atomic mass is 31.2. The molecule has 0 aromatic rings. The molecule has 3 unspecified atom stereocenters. The van der Waals surface area contributed by atoms with Crippen molar-refractivity contribution >= 4 is 39.5 Å². The second kappa shape index (κ2) is 66.9. The van der Waals surface area contributed by atoms with Crippen molar-refractivity contribution < 1.29 is 80.2 Å². The molecular formula is C75H146O17P2. The molecule has 0 aromatic heterocycles. The van der Waals surface area contributed by atoms with E-state index in [2.05, 4.69) is 41.5 Å². The smallest absolute Gasteiger partial charge is 0.462 e. The highest BCUT2D eigenvalue weighted by Crippen LogP contribution is 2.45. The Bertz CT molecular complexity index is 1820. The van der Waals surface area contributed by atoms with Crippen molar-refractivity contribution in [1.82, 2.24) is 0 Å². The van der Waals surface area contributed by atoms with Gasteiger partial charge in [0.05, 0.1) is 26.4 Å². The van der Waals surface area contributed by atoms with E-state index in [9.17, 15) is 43.2 Å². The fraction of sp³-hybridized carbons (Fsp3) is 0.947. The van der Waals surface area contributed by atoms with E-state index in [0.717, 1.165) is 102 Å². The molecule has 0 rings (SSSR count). The normalized spacial score (nSPS) is 14.3. The molecule has 0 saturated heterocycles. The minimum absolute atomic E-state index is 0.106. The molecule has 0 aliphatic heterocycles. The molecule has 6 atom stereocenters. The molecule has 558 valence electrons. The summed E-state index contributed by atoms with van der Waals surface area (Å²) in [6.45, 7) is 9.62. The first-order valence-electron chi connectivity index (χ1n) is 39.0. The lowest BCUT2D eigenvalue weighted by molar-refractivity contribution is -0.161. The molecule has 0 aliphatic carbocycles. The fourth-order valence-corrected chi connectivity index (χ4v) is 13.0. The number of hydrogen-bond donors (Lipinski definition) is 3. The Hall–Kier alpha value is -1.94. The van der Waals surface area contributed by atoms with Crippen LogP contribution in [0.2, 0.25) is 0 Å². The van der Waals surface area contributed by atoms with E-state index in [4.69, 9.17) is 37.0 Å². The Kier molecular flexibility index (Phi) is 65.5. The highest BCUT2D eigenvalue weighted by molar-refractivity contribution is 7.47. The Balaban J connectivity index is 5.15. The van der Waals surface area contributed by atoms with Crippen molar-refractivity contribution in [2.45, 2.75) is 407 Å². The quantitative estimate of drug-likeness (QED) is 0.0222. The summed E-state index contributed by atoms with van der Waals surface area (Å²) >= 11 is 0. The third-order valence-electron chi connectivity index (χ3n) is 17.8. The number of carbonyl (C=O) groups is 4. The van der Waals surface area contributed by atoms with Crippen LogP contribution in [0.4, 0.5) is 0 Å². The molecule has 0 aromatic carbocycles. The summed E-state index contributed by atoms with van der Waals surface area (Å²) in [7, 11) is -9.90. The Labute approximate surface area is 575 Å². The van der Waals surface area contributed by atoms with Gasteiger partial charge in [0.2, 0.25) is 0 Å². The van der Waals surface area contributed by atoms with E-state index in [1.54, 1.807) is 0 Å². The monoisotopic (exact) mass is 1380 g/mol. The Morgan fingerprint density at radius 2 is 0.543 bits per heavy atom. The van der Waals surface area contributed by atoms with Crippen molar-refractivity contribution in [3.05, 3.63) is 0 Å². The minimum atomic E-state index is -4.96. The van der Waals surface area contributed by atoms with E-state index >= 15 is 0 Å². The summed E-state index contributed by atoms with van der Waals surface area (Å²) in [4.78, 5) is 72.6. The van der Waals surface area contributed by atoms with Crippen molar-refractivity contribution in [2.75, 3.05) is 39.6 Å². The Morgan fingerprint density at radius 1 is 0.309 bits per heavy atom. The van der Waals surface area contributed by atoms with Gasteiger partial charge in [0.15, 0.2) is 12.2 Å². The minimum Gasteiger partial charge on any atom is -0.462 e. The van der Waals surface area contributed by atoms with Crippen LogP contribution in [0.25, 0.3) is 0 Å². The standard InChI is InChI=1S/C75H146O17P2/c1-7-10-12-14-16-31-39-45-51-57-72(77)85-63-70(91-74(79)59-53-47-41-32-17-15-13-11-8-2)65-89-93(81,82)87-61-69(76)62-88-94(83,84)90-66-71(64-86-73(78)58-52-46-40-35-30-26-27-33-37-43-49-55-67(4)5)92-75(80)60-54-48-42-36-29-25-23-21-19-18-20-22-24-28-34-38-44-50-56-68(6)9-3/h67-71,76H,7-66H2,1-6H3,(H,81,82)(H,83,84)/t68?,69-,70+,71+/m0/s1. The maximum atomic E-state index is 13.1. The zero-order valence-electron chi connectivity index (χ0n) is 61.3. The van der Waals surface area contributed by atoms with Crippen LogP contribution in [0.5, 0.6) is 0 Å². The van der Waals surface area contributed by atoms with Gasteiger partial charge in [0, 0.05) is 25.7 Å². The van der Waals surface area contributed by atoms with Gasteiger partial charge >= 0.3 is 39.5 Å². The van der Waals surface area contributed by atoms with Gasteiger partial charge in [-0.25, -0.2) is 9.13 Å². The van der Waals surface area contributed by atoms with Gasteiger partial charge in [-0.05, 0) is 37.5 Å². The number of esters is 4. The first kappa shape index (κ1) is 92.1. The average molecular weight is 1380 g/mol. The maximum Gasteiger partial charge on any atom is 0.472 e. The third kappa shape index (κ3) is 67.3. The molecule has 0 aliphatic rings. The predicted molar refractivity (Wildman–Crippen MR) is 381 cm³/mol. The van der Waals surface area contributed by atoms with Crippen LogP contribution in [-0.2, 0) is 65.4 Å². The summed E-state index contributed by atoms with van der Waals surface area (Å²) in [6.07, 6.45) is 54.2. The van der Waals surface area contributed by atoms with Crippen molar-refractivity contribution in [1.29, 1.82) is 0 Å². The van der Waals surface area contributed by atoms with Crippen LogP contribution in [0.3, 0.4) is 0 Å². The number of phosphoric acid groups is 2. The van der Waals surface area contributed by atoms with Gasteiger partial charge < -0.3 is 33.8 Å². The van der Waals surface area contributed by atoms with Crippen LogP contribution in [0.1, 0.15) is 388 Å². The van der Waals surface area contributed by atoms with E-state index in [-0.39, 0.29) is 25.7 Å². The zero-order chi connectivity index (χ0) is 69.3. The molecule has 0 bridgehead atoms. The lowest BCUT2D eigenvalue weighted by Crippen LogP contribution is -2.30. The maximum absolute atomic E-state index is 13.1. The summed E-state index contributed by atoms with van der Waals surface area (Å²) < 4.78 is 68.3. The molecule has 3 N–H and O–H groups in total. The topological polar surface area (TPSA) is 237 Å². The number of phosphoric ester groups is 2. The lowest BCUT2D eigenvalue weighted by Gasteiger charge is -2.21. The Morgan fingerprint density at radius 3 is 0.809 bits per heavy atom. The number of unbranched alkanes of at least 4 members (excludes halogenated alkanes) is 43. The molecule has 94 heavy (non-hydrogen) atoms. The largest absolute Gasteiger partial charge is 0.472 e. The van der Waals surface area contributed by atoms with Gasteiger partial charge in [-0.2, -0.15) is 0 Å². The number of rotatable bonds is 74. The van der Waals surface area contributed by atoms with Gasteiger partial charge in [0.25, 0.3) is 0 Å². The molecule has 17 nitrogen and oxygen atoms in total. The van der Waals surface area contributed by atoms with Gasteiger partial charge in [-0.15, -0.1) is 0 Å². The SMILES string of the molecule is CCCCCCCCCCCC(=O)OC[C@H](COP(=O)(O)OC[C@H](O)COP(=O)(O)OC[C@@H](COC(=O)CCCCCCCCCCCCCC(C)C)OC(=O)CCCCCCCCCCCCCCCCCCCCC(C)CC)OC(=O)CCCCCCCCCCC. The van der Waals surface area contributed by atoms with Crippen LogP contribution in [0.15, 0.2) is 0 Å². The first-order valence-corrected chi connectivity index (χ1v) is 42.0. The highest BCUT2D eigenvalue weighted by Gasteiger charge is 2.30. The summed E-state index contributed by atoms with van der Waals surface area (Å²) in [6, 6.07) is 0. The number of carbonyl (C=O) groups excluding carboxylic acids is 4. The third-order valence-corrected chi connectivity index (χ3v) is 19.7. The molecule has 0 heterocycles. The number of ether oxygens (including phenoxy) is 4. The van der Waals surface area contributed by atoms with E-state index < -0.39 is 97.5 Å². The second-order valence-electron chi connectivity index (χ2n) is 27.8. The predicted octanol–water partition coefficient (Wildman–Crippen LogP) is 21.9. The van der Waals surface area contributed by atoms with Crippen LogP contribution < -0.4 is 0 Å². The van der Waals surface area contributed by atoms with E-state index in [1.165, 1.54) is 205 Å². The molecule has 19 heteroatoms. The van der Waals surface area contributed by atoms with Gasteiger partial charge in [-0.3, -0.25) is 37.3 Å². The molecule has 0 radical (unpaired) electrons. The fourth-order valence-electron chi connectivity index (χ4n) is 11.4. The molecular weight excluding hydrogens is 1230 g/mol. The van der Waals surface area contributed by atoms with E-state index in [1.807, 2.05) is 0 Å². The number of aliphatic hydroxyl groups excluding tert-OH is 1. The summed E-state index contributed by atoms with van der Waals surface area (Å²) in [5.74, 6) is -0.478. The van der Waals surface area contributed by atoms with Crippen LogP contribution in [-0.4, -0.2) is 96.7 Å². The molecule has 0 amide bonds. The lowest BCUT2D eigenvalue weighted by atomic mass is 9.99. The second-order valence-corrected chi connectivity index (χ2v) is 30.7. The van der Waals surface area contributed by atoms with Crippen LogP contribution >= 0.6 is 15.6 Å². The number of aliphatic hydroxyl groups is 1. The zero-order valence-corrected chi connectivity index (χ0v) is 63.1. The number of hydrogen-bond acceptors (Lipinski definition) is 15. The summed E-state index contributed by atoms with van der Waals surface area (Å²) in [5, 5.41) is 10.6. The van der Waals surface area contributed by atoms with E-state index in [0.29, 0.717) is 25.7 Å². The molecule has 0 saturated carbocycles.